The van der Waals surface area contributed by atoms with E-state index in [1.807, 2.05) is 0 Å². The Morgan fingerprint density at radius 1 is 1.36 bits per heavy atom. The number of nitriles is 1. The summed E-state index contributed by atoms with van der Waals surface area (Å²) in [4.78, 5) is 0. The molecule has 1 aromatic rings. The van der Waals surface area contributed by atoms with Crippen LogP contribution in [0.5, 0.6) is 11.5 Å². The number of hydrogen-bond acceptors (Lipinski definition) is 4. The van der Waals surface area contributed by atoms with Gasteiger partial charge in [0.2, 0.25) is 0 Å². The third kappa shape index (κ3) is 4.17. The van der Waals surface area contributed by atoms with Crippen LogP contribution in [-0.4, -0.2) is 14.2 Å². The first-order chi connectivity index (χ1) is 6.69. The van der Waals surface area contributed by atoms with Gasteiger partial charge in [-0.3, -0.25) is 0 Å². The Bertz CT molecular complexity index is 325. The molecule has 0 saturated heterocycles. The van der Waals surface area contributed by atoms with Gasteiger partial charge in [0.15, 0.2) is 0 Å². The molecule has 0 saturated carbocycles. The van der Waals surface area contributed by atoms with Gasteiger partial charge in [0, 0.05) is 6.07 Å². The molecule has 0 bridgehead atoms. The third-order valence-corrected chi connectivity index (χ3v) is 1.67. The van der Waals surface area contributed by atoms with Crippen LogP contribution >= 0.6 is 11.6 Å². The molecule has 0 spiro atoms. The molecule has 0 atom stereocenters. The molecule has 5 heteroatoms. The lowest BCUT2D eigenvalue weighted by Gasteiger charge is -2.04. The molecule has 1 aromatic carbocycles. The summed E-state index contributed by atoms with van der Waals surface area (Å²) in [6, 6.07) is 5.26. The molecule has 0 amide bonds. The zero-order valence-corrected chi connectivity index (χ0v) is 9.35. The number of benzene rings is 1. The summed E-state index contributed by atoms with van der Waals surface area (Å²) in [6.07, 6.45) is 0. The molecule has 1 rings (SSSR count). The lowest BCUT2D eigenvalue weighted by molar-refractivity contribution is 0.394. The van der Waals surface area contributed by atoms with Gasteiger partial charge < -0.3 is 22.1 Å². The van der Waals surface area contributed by atoms with Gasteiger partial charge in [-0.25, -0.2) is 5.26 Å². The third-order valence-electron chi connectivity index (χ3n) is 1.36. The largest absolute Gasteiger partial charge is 0.696 e. The quantitative estimate of drug-likeness (QED) is 0.578. The van der Waals surface area contributed by atoms with E-state index in [0.717, 1.165) is 5.75 Å². The number of nitrogens with zero attached hydrogens (tertiary/aromatic N) is 1. The van der Waals surface area contributed by atoms with Crippen molar-refractivity contribution in [3.8, 4) is 16.9 Å². The molecule has 14 heavy (non-hydrogen) atoms. The maximum Gasteiger partial charge on any atom is 0.141 e. The van der Waals surface area contributed by atoms with Crippen molar-refractivity contribution in [3.63, 3.8) is 0 Å². The molecule has 76 valence electrons. The first-order valence-electron chi connectivity index (χ1n) is 3.58. The van der Waals surface area contributed by atoms with Gasteiger partial charge in [-0.05, 0) is 12.1 Å². The van der Waals surface area contributed by atoms with Crippen molar-refractivity contribution in [3.05, 3.63) is 23.2 Å². The zero-order chi connectivity index (χ0) is 11.0. The predicted molar refractivity (Wildman–Crippen MR) is 57.5 cm³/mol. The van der Waals surface area contributed by atoms with Crippen molar-refractivity contribution in [1.29, 1.82) is 5.26 Å². The van der Waals surface area contributed by atoms with Crippen molar-refractivity contribution in [1.82, 2.24) is 0 Å². The zero-order valence-electron chi connectivity index (χ0n) is 7.78. The molecule has 0 fully saturated rings. The Morgan fingerprint density at radius 2 is 1.93 bits per heavy atom. The van der Waals surface area contributed by atoms with Gasteiger partial charge in [0.25, 0.3) is 0 Å². The minimum atomic E-state index is 0.591. The Kier molecular flexibility index (Phi) is 6.63. The van der Waals surface area contributed by atoms with Crippen molar-refractivity contribution in [2.24, 2.45) is 0 Å². The van der Waals surface area contributed by atoms with Crippen LogP contribution in [0.2, 0.25) is 5.02 Å². The second-order valence-corrected chi connectivity index (χ2v) is 2.68. The smallest absolute Gasteiger partial charge is 0.141 e. The van der Waals surface area contributed by atoms with Crippen molar-refractivity contribution in [2.45, 2.75) is 0 Å². The number of ether oxygens (including phenoxy) is 2. The van der Waals surface area contributed by atoms with E-state index >= 15 is 0 Å². The summed E-state index contributed by atoms with van der Waals surface area (Å²) >= 11 is 9.47. The van der Waals surface area contributed by atoms with Crippen LogP contribution in [0.25, 0.3) is 0 Å². The molecular weight excluding hydrogens is 222 g/mol. The van der Waals surface area contributed by atoms with E-state index in [-0.39, 0.29) is 0 Å². The second kappa shape index (κ2) is 7.25. The van der Waals surface area contributed by atoms with Gasteiger partial charge in [-0.15, -0.1) is 0 Å². The van der Waals surface area contributed by atoms with Gasteiger partial charge in [-0.1, -0.05) is 17.0 Å². The fourth-order valence-electron chi connectivity index (χ4n) is 0.767. The van der Waals surface area contributed by atoms with Crippen LogP contribution < -0.4 is 9.47 Å². The number of methoxy groups -OCH3 is 2. The highest BCUT2D eigenvalue weighted by Crippen LogP contribution is 2.28. The molecule has 3 nitrogen and oxygen atoms in total. The maximum absolute atomic E-state index is 7.13. The van der Waals surface area contributed by atoms with Crippen LogP contribution in [0, 0.1) is 10.7 Å². The van der Waals surface area contributed by atoms with Gasteiger partial charge in [-0.2, -0.15) is 0 Å². The van der Waals surface area contributed by atoms with E-state index in [1.54, 1.807) is 32.4 Å². The Morgan fingerprint density at radius 3 is 2.36 bits per heavy atom. The topological polar surface area (TPSA) is 42.2 Å². The number of thiocyanates is 1. The molecular formula is C9H9ClNO2S-. The molecule has 0 heterocycles. The monoisotopic (exact) mass is 230 g/mol. The Hall–Kier alpha value is -1.18. The Balaban J connectivity index is 0.000000500. The van der Waals surface area contributed by atoms with Gasteiger partial charge >= 0.3 is 0 Å². The first-order valence-corrected chi connectivity index (χ1v) is 4.37. The van der Waals surface area contributed by atoms with E-state index < -0.39 is 0 Å². The lowest BCUT2D eigenvalue weighted by atomic mass is 10.3. The molecule has 0 aromatic heterocycles. The highest BCUT2D eigenvalue weighted by molar-refractivity contribution is 7.64. The summed E-state index contributed by atoms with van der Waals surface area (Å²) in [5.41, 5.74) is 0. The molecule has 0 unspecified atom stereocenters. The SMILES string of the molecule is COc1ccc(Cl)c(OC)c1.N#C[S-]. The fraction of sp³-hybridized carbons (Fsp3) is 0.222. The average molecular weight is 231 g/mol. The summed E-state index contributed by atoms with van der Waals surface area (Å²) in [5.74, 6) is 1.37. The molecule has 0 aliphatic rings. The number of halogens is 1. The first kappa shape index (κ1) is 12.8. The van der Waals surface area contributed by atoms with Crippen LogP contribution in [0.1, 0.15) is 0 Å². The second-order valence-electron chi connectivity index (χ2n) is 2.09. The van der Waals surface area contributed by atoms with E-state index in [0.29, 0.717) is 10.8 Å². The van der Waals surface area contributed by atoms with Crippen LogP contribution in [0.3, 0.4) is 0 Å². The van der Waals surface area contributed by atoms with Gasteiger partial charge in [0.05, 0.1) is 19.2 Å². The summed E-state index contributed by atoms with van der Waals surface area (Å²) < 4.78 is 9.95. The molecule has 0 aliphatic carbocycles. The van der Waals surface area contributed by atoms with E-state index in [4.69, 9.17) is 26.3 Å². The predicted octanol–water partition coefficient (Wildman–Crippen LogP) is 2.37. The number of hydrogen-bond donors (Lipinski definition) is 0. The molecule has 0 N–H and O–H groups in total. The minimum Gasteiger partial charge on any atom is -0.696 e. The highest BCUT2D eigenvalue weighted by Gasteiger charge is 2.00. The summed E-state index contributed by atoms with van der Waals surface area (Å²) in [5, 5.41) is 9.06. The van der Waals surface area contributed by atoms with Crippen molar-refractivity contribution in [2.75, 3.05) is 14.2 Å². The van der Waals surface area contributed by atoms with E-state index in [2.05, 4.69) is 12.6 Å². The maximum atomic E-state index is 7.13. The molecule has 0 aliphatic heterocycles. The average Bonchev–Trinajstić information content (AvgIpc) is 2.20. The van der Waals surface area contributed by atoms with Crippen LogP contribution in [0.15, 0.2) is 18.2 Å². The standard InChI is InChI=1S/C8H9ClO2.CHNS/c1-10-6-3-4-7(9)8(5-6)11-2;2-1-3/h3-5H,1-2H3;3H/p-1. The molecule has 0 radical (unpaired) electrons. The minimum absolute atomic E-state index is 0.591. The van der Waals surface area contributed by atoms with Crippen molar-refractivity contribution < 1.29 is 9.47 Å². The van der Waals surface area contributed by atoms with E-state index in [1.165, 1.54) is 5.40 Å². The van der Waals surface area contributed by atoms with Crippen LogP contribution in [0.4, 0.5) is 0 Å². The van der Waals surface area contributed by atoms with Crippen molar-refractivity contribution >= 4 is 24.2 Å². The number of rotatable bonds is 2. The van der Waals surface area contributed by atoms with Gasteiger partial charge in [0.1, 0.15) is 11.5 Å². The van der Waals surface area contributed by atoms with Crippen LogP contribution in [-0.2, 0) is 12.6 Å². The fourth-order valence-corrected chi connectivity index (χ4v) is 0.962. The Labute approximate surface area is 93.6 Å². The summed E-state index contributed by atoms with van der Waals surface area (Å²) in [7, 11) is 3.17. The highest BCUT2D eigenvalue weighted by atomic mass is 35.5. The normalized spacial score (nSPS) is 7.86. The summed E-state index contributed by atoms with van der Waals surface area (Å²) in [6.45, 7) is 0. The lowest BCUT2D eigenvalue weighted by Crippen LogP contribution is -1.86. The van der Waals surface area contributed by atoms with E-state index in [9.17, 15) is 0 Å².